The standard InChI is InChI=1S/C25H23N3O3S/c1-15(2)14-30-20-10-8-17(9-11-20)23-26-25-28(27-23)24(29)22(32-25)13-19-12-18-6-4-5-7-21(18)31-16(19)3/h4-13,15-16H,14H2,1-3H3/b22-13-/t16-/m0/s1. The fourth-order valence-corrected chi connectivity index (χ4v) is 4.40. The lowest BCUT2D eigenvalue weighted by molar-refractivity contribution is 0.259. The average Bonchev–Trinajstić information content (AvgIpc) is 3.32. The number of hydrogen-bond acceptors (Lipinski definition) is 6. The van der Waals surface area contributed by atoms with Crippen LogP contribution in [0.3, 0.4) is 0 Å². The first-order valence-electron chi connectivity index (χ1n) is 10.6. The second kappa shape index (κ2) is 8.24. The fourth-order valence-electron chi connectivity index (χ4n) is 3.49. The van der Waals surface area contributed by atoms with Crippen LogP contribution in [0.4, 0.5) is 0 Å². The van der Waals surface area contributed by atoms with E-state index in [0.29, 0.717) is 27.8 Å². The van der Waals surface area contributed by atoms with Gasteiger partial charge in [0.15, 0.2) is 5.82 Å². The molecule has 162 valence electrons. The van der Waals surface area contributed by atoms with E-state index < -0.39 is 0 Å². The van der Waals surface area contributed by atoms with E-state index in [-0.39, 0.29) is 11.7 Å². The van der Waals surface area contributed by atoms with Crippen LogP contribution < -0.4 is 19.6 Å². The lowest BCUT2D eigenvalue weighted by Gasteiger charge is -2.22. The molecule has 6 nitrogen and oxygen atoms in total. The van der Waals surface area contributed by atoms with Crippen LogP contribution in [0.15, 0.2) is 58.9 Å². The molecule has 1 aliphatic rings. The largest absolute Gasteiger partial charge is 0.493 e. The van der Waals surface area contributed by atoms with Crippen molar-refractivity contribution in [1.29, 1.82) is 0 Å². The minimum absolute atomic E-state index is 0.140. The molecule has 1 aliphatic heterocycles. The molecule has 1 atom stereocenters. The predicted molar refractivity (Wildman–Crippen MR) is 127 cm³/mol. The average molecular weight is 446 g/mol. The summed E-state index contributed by atoms with van der Waals surface area (Å²) in [5.41, 5.74) is 2.62. The van der Waals surface area contributed by atoms with E-state index in [0.717, 1.165) is 28.2 Å². The summed E-state index contributed by atoms with van der Waals surface area (Å²) in [6.45, 7) is 6.87. The third-order valence-corrected chi connectivity index (χ3v) is 6.15. The number of benzene rings is 2. The molecule has 3 heterocycles. The van der Waals surface area contributed by atoms with Gasteiger partial charge >= 0.3 is 0 Å². The number of ether oxygens (including phenoxy) is 2. The highest BCUT2D eigenvalue weighted by molar-refractivity contribution is 7.15. The molecule has 2 aromatic carbocycles. The van der Waals surface area contributed by atoms with Gasteiger partial charge < -0.3 is 9.47 Å². The Balaban J connectivity index is 1.45. The Morgan fingerprint density at radius 1 is 1.19 bits per heavy atom. The summed E-state index contributed by atoms with van der Waals surface area (Å²) in [5.74, 6) is 2.65. The lowest BCUT2D eigenvalue weighted by atomic mass is 10.0. The number of rotatable bonds is 5. The number of hydrogen-bond donors (Lipinski definition) is 0. The van der Waals surface area contributed by atoms with Crippen molar-refractivity contribution >= 4 is 28.4 Å². The highest BCUT2D eigenvalue weighted by Gasteiger charge is 2.18. The first-order chi connectivity index (χ1) is 15.5. The van der Waals surface area contributed by atoms with Crippen LogP contribution in [-0.4, -0.2) is 27.3 Å². The maximum Gasteiger partial charge on any atom is 0.291 e. The van der Waals surface area contributed by atoms with E-state index in [9.17, 15) is 4.79 Å². The smallest absolute Gasteiger partial charge is 0.291 e. The van der Waals surface area contributed by atoms with Crippen LogP contribution in [0.25, 0.3) is 28.5 Å². The third kappa shape index (κ3) is 3.91. The van der Waals surface area contributed by atoms with Crippen LogP contribution in [0, 0.1) is 5.92 Å². The second-order valence-corrected chi connectivity index (χ2v) is 9.23. The SMILES string of the molecule is CC(C)COc1ccc(-c2nc3s/c(=C\C4=Cc5ccccc5O[C@H]4C)c(=O)n3n2)cc1. The zero-order valence-electron chi connectivity index (χ0n) is 18.1. The molecular weight excluding hydrogens is 422 g/mol. The molecule has 2 aromatic heterocycles. The van der Waals surface area contributed by atoms with Crippen LogP contribution in [0.5, 0.6) is 11.5 Å². The molecule has 0 spiro atoms. The van der Waals surface area contributed by atoms with Gasteiger partial charge in [0.05, 0.1) is 11.1 Å². The second-order valence-electron chi connectivity index (χ2n) is 8.22. The highest BCUT2D eigenvalue weighted by atomic mass is 32.1. The normalized spacial score (nSPS) is 16.2. The Kier molecular flexibility index (Phi) is 5.27. The molecule has 0 fully saturated rings. The topological polar surface area (TPSA) is 65.7 Å². The van der Waals surface area contributed by atoms with Crippen LogP contribution in [0.2, 0.25) is 0 Å². The molecular formula is C25H23N3O3S. The number of para-hydroxylation sites is 1. The van der Waals surface area contributed by atoms with Gasteiger partial charge in [0.1, 0.15) is 17.6 Å². The first kappa shape index (κ1) is 20.5. The van der Waals surface area contributed by atoms with E-state index in [2.05, 4.69) is 30.0 Å². The van der Waals surface area contributed by atoms with Gasteiger partial charge in [-0.1, -0.05) is 43.4 Å². The number of fused-ring (bicyclic) bond motifs is 2. The van der Waals surface area contributed by atoms with Crippen LogP contribution in [-0.2, 0) is 0 Å². The minimum Gasteiger partial charge on any atom is -0.493 e. The summed E-state index contributed by atoms with van der Waals surface area (Å²) in [6.07, 6.45) is 3.80. The Bertz CT molecular complexity index is 1420. The van der Waals surface area contributed by atoms with Gasteiger partial charge in [-0.15, -0.1) is 5.10 Å². The van der Waals surface area contributed by atoms with Crippen LogP contribution >= 0.6 is 11.3 Å². The van der Waals surface area contributed by atoms with E-state index in [4.69, 9.17) is 9.47 Å². The van der Waals surface area contributed by atoms with E-state index >= 15 is 0 Å². The van der Waals surface area contributed by atoms with Gasteiger partial charge in [0.2, 0.25) is 4.96 Å². The van der Waals surface area contributed by atoms with E-state index in [1.54, 1.807) is 0 Å². The molecule has 0 saturated carbocycles. The summed E-state index contributed by atoms with van der Waals surface area (Å²) in [6, 6.07) is 15.5. The minimum atomic E-state index is -0.174. The zero-order valence-corrected chi connectivity index (χ0v) is 18.9. The Labute approximate surface area is 189 Å². The van der Waals surface area contributed by atoms with Crippen molar-refractivity contribution in [1.82, 2.24) is 14.6 Å². The van der Waals surface area contributed by atoms with E-state index in [1.165, 1.54) is 15.9 Å². The molecule has 0 unspecified atom stereocenters. The van der Waals surface area contributed by atoms with Gasteiger partial charge in [-0.25, -0.2) is 0 Å². The van der Waals surface area contributed by atoms with Gasteiger partial charge in [0, 0.05) is 11.1 Å². The quantitative estimate of drug-likeness (QED) is 0.460. The van der Waals surface area contributed by atoms with Crippen molar-refractivity contribution in [2.24, 2.45) is 5.92 Å². The fraction of sp³-hybridized carbons (Fsp3) is 0.240. The number of aromatic nitrogens is 3. The Morgan fingerprint density at radius 3 is 2.72 bits per heavy atom. The maximum absolute atomic E-state index is 13.0. The Morgan fingerprint density at radius 2 is 1.97 bits per heavy atom. The van der Waals surface area contributed by atoms with Crippen molar-refractivity contribution in [3.63, 3.8) is 0 Å². The number of thiazole rings is 1. The molecule has 0 bridgehead atoms. The van der Waals surface area contributed by atoms with Gasteiger partial charge in [-0.05, 0) is 60.9 Å². The first-order valence-corrected chi connectivity index (χ1v) is 11.4. The number of nitrogens with zero attached hydrogens (tertiary/aromatic N) is 3. The zero-order chi connectivity index (χ0) is 22.2. The maximum atomic E-state index is 13.0. The molecule has 32 heavy (non-hydrogen) atoms. The molecule has 0 aliphatic carbocycles. The lowest BCUT2D eigenvalue weighted by Crippen LogP contribution is -2.26. The molecule has 0 saturated heterocycles. The summed E-state index contributed by atoms with van der Waals surface area (Å²) < 4.78 is 13.7. The molecule has 7 heteroatoms. The molecule has 0 N–H and O–H groups in total. The summed E-state index contributed by atoms with van der Waals surface area (Å²) in [4.78, 5) is 18.1. The van der Waals surface area contributed by atoms with Crippen molar-refractivity contribution in [2.45, 2.75) is 26.9 Å². The summed E-state index contributed by atoms with van der Waals surface area (Å²) >= 11 is 1.33. The Hall–Kier alpha value is -3.45. The van der Waals surface area contributed by atoms with E-state index in [1.807, 2.05) is 61.5 Å². The molecule has 5 rings (SSSR count). The molecule has 0 amide bonds. The summed E-state index contributed by atoms with van der Waals surface area (Å²) in [7, 11) is 0. The van der Waals surface area contributed by atoms with Crippen molar-refractivity contribution in [2.75, 3.05) is 6.61 Å². The molecule has 0 radical (unpaired) electrons. The highest BCUT2D eigenvalue weighted by Crippen LogP contribution is 2.29. The summed E-state index contributed by atoms with van der Waals surface area (Å²) in [5, 5.41) is 4.45. The van der Waals surface area contributed by atoms with Gasteiger partial charge in [-0.3, -0.25) is 4.79 Å². The monoisotopic (exact) mass is 445 g/mol. The van der Waals surface area contributed by atoms with Gasteiger partial charge in [-0.2, -0.15) is 9.50 Å². The van der Waals surface area contributed by atoms with Crippen molar-refractivity contribution < 1.29 is 9.47 Å². The third-order valence-electron chi connectivity index (χ3n) is 5.19. The van der Waals surface area contributed by atoms with Crippen LogP contribution in [0.1, 0.15) is 26.3 Å². The predicted octanol–water partition coefficient (Wildman–Crippen LogP) is 4.22. The van der Waals surface area contributed by atoms with Crippen molar-refractivity contribution in [3.8, 4) is 22.9 Å². The van der Waals surface area contributed by atoms with Crippen molar-refractivity contribution in [3.05, 3.63) is 74.6 Å². The van der Waals surface area contributed by atoms with Gasteiger partial charge in [0.25, 0.3) is 5.56 Å². The molecule has 4 aromatic rings.